The lowest BCUT2D eigenvalue weighted by Crippen LogP contribution is -2.63. The fourth-order valence-electron chi connectivity index (χ4n) is 19.0. The Balaban J connectivity index is 2.08. The molecule has 0 aromatic heterocycles. The van der Waals surface area contributed by atoms with Crippen molar-refractivity contribution in [3.8, 4) is 0 Å². The molecule has 4 fully saturated rings. The number of rotatable bonds is 38. The standard InChI is InChI=1S/C75H144/c1-5-9-13-17-21-23-24-30-39-52-64-73(70-59-47-34-26-25-27-35-48-60-70)65-53-40-32-28-38-51-63-72(69-57-45-44-46-58-69)75(68-56-43-20-16-12-8-4,71-61-49-36-33-37-50-62-71)74(73,66-54-41-29-19-15-11-7-3)67-55-42-31-22-18-14-10-6-2/h69-72H,5-68H2,1-4H3. The molecule has 0 heteroatoms. The van der Waals surface area contributed by atoms with Crippen LogP contribution < -0.4 is 0 Å². The lowest BCUT2D eigenvalue weighted by Gasteiger charge is -2.70. The molecule has 4 atom stereocenters. The van der Waals surface area contributed by atoms with E-state index in [9.17, 15) is 0 Å². The Morgan fingerprint density at radius 1 is 0.240 bits per heavy atom. The smallest absolute Gasteiger partial charge is 0.0176 e. The first-order valence-corrected chi connectivity index (χ1v) is 37.2. The second-order valence-corrected chi connectivity index (χ2v) is 28.3. The molecule has 4 saturated carbocycles. The quantitative estimate of drug-likeness (QED) is 0.0541. The molecule has 0 amide bonds. The van der Waals surface area contributed by atoms with Crippen LogP contribution in [0.3, 0.4) is 0 Å². The summed E-state index contributed by atoms with van der Waals surface area (Å²) in [5.41, 5.74) is 1.49. The predicted octanol–water partition coefficient (Wildman–Crippen LogP) is 27.5. The number of unbranched alkanes of at least 4 members (excludes halogenated alkanes) is 27. The Bertz CT molecular complexity index is 1210. The van der Waals surface area contributed by atoms with Crippen LogP contribution in [0.2, 0.25) is 0 Å². The minimum absolute atomic E-state index is 0.480. The average molecular weight is 1050 g/mol. The maximum Gasteiger partial charge on any atom is -0.0176 e. The molecule has 0 saturated heterocycles. The van der Waals surface area contributed by atoms with Crippen molar-refractivity contribution in [2.24, 2.45) is 39.9 Å². The third kappa shape index (κ3) is 24.6. The molecule has 444 valence electrons. The predicted molar refractivity (Wildman–Crippen MR) is 339 cm³/mol. The molecule has 75 heavy (non-hydrogen) atoms. The van der Waals surface area contributed by atoms with E-state index in [2.05, 4.69) is 27.7 Å². The van der Waals surface area contributed by atoms with Crippen LogP contribution in [-0.2, 0) is 0 Å². The maximum atomic E-state index is 2.46. The molecule has 0 bridgehead atoms. The molecular weight excluding hydrogens is 901 g/mol. The van der Waals surface area contributed by atoms with Crippen LogP contribution >= 0.6 is 0 Å². The molecule has 4 unspecified atom stereocenters. The van der Waals surface area contributed by atoms with E-state index in [0.717, 1.165) is 23.7 Å². The lowest BCUT2D eigenvalue weighted by atomic mass is 9.34. The molecule has 0 heterocycles. The van der Waals surface area contributed by atoms with Gasteiger partial charge in [-0.05, 0) is 104 Å². The monoisotopic (exact) mass is 1050 g/mol. The van der Waals surface area contributed by atoms with Gasteiger partial charge in [0.2, 0.25) is 0 Å². The molecule has 0 spiro atoms. The molecule has 4 rings (SSSR count). The Labute approximate surface area is 476 Å². The highest BCUT2D eigenvalue weighted by Gasteiger charge is 2.67. The molecule has 0 aliphatic heterocycles. The first-order valence-electron chi connectivity index (χ1n) is 37.2. The van der Waals surface area contributed by atoms with Crippen LogP contribution in [0.25, 0.3) is 0 Å². The van der Waals surface area contributed by atoms with E-state index in [0.29, 0.717) is 16.2 Å². The summed E-state index contributed by atoms with van der Waals surface area (Å²) in [5, 5.41) is 0. The molecule has 4 aliphatic rings. The molecule has 4 aliphatic carbocycles. The van der Waals surface area contributed by atoms with Crippen LogP contribution in [-0.4, -0.2) is 0 Å². The van der Waals surface area contributed by atoms with Crippen molar-refractivity contribution in [3.63, 3.8) is 0 Å². The van der Waals surface area contributed by atoms with E-state index in [1.165, 1.54) is 257 Å². The molecule has 0 radical (unpaired) electrons. The zero-order chi connectivity index (χ0) is 53.1. The molecule has 0 aromatic carbocycles. The van der Waals surface area contributed by atoms with Gasteiger partial charge in [-0.1, -0.05) is 374 Å². The Morgan fingerprint density at radius 3 is 0.920 bits per heavy atom. The summed E-state index contributed by atoms with van der Waals surface area (Å²) in [7, 11) is 0. The summed E-state index contributed by atoms with van der Waals surface area (Å²) in [4.78, 5) is 0. The molecule has 0 aromatic rings. The Hall–Kier alpha value is 0. The minimum Gasteiger partial charge on any atom is -0.0654 e. The highest BCUT2D eigenvalue weighted by molar-refractivity contribution is 5.15. The van der Waals surface area contributed by atoms with Crippen LogP contribution in [0, 0.1) is 39.9 Å². The zero-order valence-corrected chi connectivity index (χ0v) is 53.1. The summed E-state index contributed by atoms with van der Waals surface area (Å²) in [5.74, 6) is 3.90. The van der Waals surface area contributed by atoms with E-state index in [-0.39, 0.29) is 0 Å². The fraction of sp³-hybridized carbons (Fsp3) is 1.00. The molecule has 0 nitrogen and oxygen atoms in total. The van der Waals surface area contributed by atoms with Crippen molar-refractivity contribution in [3.05, 3.63) is 0 Å². The average Bonchev–Trinajstić information content (AvgIpc) is 3.43. The SMILES string of the molecule is CCCCCCCCCCCCC1(C2CCCCCCCCC2)CCCCCCCCC(C2CCCCC2)C(CCCCCCCC)(C2CCCCCCC2)C1(CCCCCCCCC)CCCCCCCCCC. The van der Waals surface area contributed by atoms with Crippen LogP contribution in [0.4, 0.5) is 0 Å². The summed E-state index contributed by atoms with van der Waals surface area (Å²) < 4.78 is 0. The van der Waals surface area contributed by atoms with Gasteiger partial charge in [0, 0.05) is 0 Å². The van der Waals surface area contributed by atoms with Crippen molar-refractivity contribution < 1.29 is 0 Å². The van der Waals surface area contributed by atoms with Gasteiger partial charge in [-0.15, -0.1) is 0 Å². The van der Waals surface area contributed by atoms with Crippen molar-refractivity contribution in [1.82, 2.24) is 0 Å². The normalized spacial score (nSPS) is 26.3. The second kappa shape index (κ2) is 44.6. The first-order chi connectivity index (χ1) is 37.2. The van der Waals surface area contributed by atoms with Crippen LogP contribution in [0.1, 0.15) is 439 Å². The van der Waals surface area contributed by atoms with E-state index < -0.39 is 0 Å². The largest absolute Gasteiger partial charge is 0.0654 e. The van der Waals surface area contributed by atoms with Gasteiger partial charge in [-0.3, -0.25) is 0 Å². The van der Waals surface area contributed by atoms with Crippen molar-refractivity contribution in [2.75, 3.05) is 0 Å². The topological polar surface area (TPSA) is 0 Å². The maximum absolute atomic E-state index is 2.46. The lowest BCUT2D eigenvalue weighted by molar-refractivity contribution is -0.219. The Morgan fingerprint density at radius 2 is 0.520 bits per heavy atom. The van der Waals surface area contributed by atoms with Crippen molar-refractivity contribution >= 4 is 0 Å². The van der Waals surface area contributed by atoms with E-state index in [4.69, 9.17) is 0 Å². The van der Waals surface area contributed by atoms with E-state index in [1.807, 2.05) is 0 Å². The molecule has 0 N–H and O–H groups in total. The van der Waals surface area contributed by atoms with Gasteiger partial charge in [0.25, 0.3) is 0 Å². The summed E-state index contributed by atoms with van der Waals surface area (Å²) >= 11 is 0. The van der Waals surface area contributed by atoms with Gasteiger partial charge in [0.15, 0.2) is 0 Å². The van der Waals surface area contributed by atoms with Crippen molar-refractivity contribution in [1.29, 1.82) is 0 Å². The van der Waals surface area contributed by atoms with Crippen LogP contribution in [0.5, 0.6) is 0 Å². The number of hydrogen-bond acceptors (Lipinski definition) is 0. The first kappa shape index (κ1) is 67.5. The second-order valence-electron chi connectivity index (χ2n) is 28.3. The van der Waals surface area contributed by atoms with Gasteiger partial charge >= 0.3 is 0 Å². The van der Waals surface area contributed by atoms with Gasteiger partial charge in [-0.2, -0.15) is 0 Å². The minimum atomic E-state index is 0.480. The molecular formula is C75H144. The highest BCUT2D eigenvalue weighted by Crippen LogP contribution is 2.74. The van der Waals surface area contributed by atoms with Gasteiger partial charge in [0.1, 0.15) is 0 Å². The third-order valence-electron chi connectivity index (χ3n) is 22.9. The van der Waals surface area contributed by atoms with Crippen molar-refractivity contribution in [2.45, 2.75) is 439 Å². The van der Waals surface area contributed by atoms with Gasteiger partial charge < -0.3 is 0 Å². The third-order valence-corrected chi connectivity index (χ3v) is 22.9. The number of hydrogen-bond donors (Lipinski definition) is 0. The van der Waals surface area contributed by atoms with E-state index in [1.54, 1.807) is 154 Å². The summed E-state index contributed by atoms with van der Waals surface area (Å²) in [6.45, 7) is 9.71. The van der Waals surface area contributed by atoms with Crippen LogP contribution in [0.15, 0.2) is 0 Å². The zero-order valence-electron chi connectivity index (χ0n) is 53.1. The van der Waals surface area contributed by atoms with Gasteiger partial charge in [-0.25, -0.2) is 0 Å². The fourth-order valence-corrected chi connectivity index (χ4v) is 19.0. The highest BCUT2D eigenvalue weighted by atomic mass is 14.7. The van der Waals surface area contributed by atoms with Gasteiger partial charge in [0.05, 0.1) is 0 Å². The summed E-state index contributed by atoms with van der Waals surface area (Å²) in [6.07, 6.45) is 98.0. The van der Waals surface area contributed by atoms with E-state index >= 15 is 0 Å². The Kier molecular flexibility index (Phi) is 40.2. The summed E-state index contributed by atoms with van der Waals surface area (Å²) in [6, 6.07) is 0.